The summed E-state index contributed by atoms with van der Waals surface area (Å²) in [6.07, 6.45) is 9.71. The summed E-state index contributed by atoms with van der Waals surface area (Å²) in [6.45, 7) is 5.71. The van der Waals surface area contributed by atoms with E-state index in [1.807, 2.05) is 31.2 Å². The van der Waals surface area contributed by atoms with Crippen LogP contribution in [0.3, 0.4) is 0 Å². The molecule has 0 aromatic carbocycles. The Hall–Kier alpha value is -1.64. The van der Waals surface area contributed by atoms with E-state index in [-0.39, 0.29) is 24.7 Å². The molecule has 21 heavy (non-hydrogen) atoms. The predicted octanol–water partition coefficient (Wildman–Crippen LogP) is 1.07. The van der Waals surface area contributed by atoms with Crippen molar-refractivity contribution in [1.82, 2.24) is 10.6 Å². The molecule has 0 atom stereocenters. The number of nitrogens with one attached hydrogen (secondary N) is 2. The standard InChI is InChI=1S/C7H10.C5H12N2O4S.CH5N/c1-3-5-7-6-4-2;1-6-5(8)7-3-2-4-12(9,10)11;1-2/h3-7H,1H2,2H3;2-4H2,1H3,(H2,6,7,8)(H,9,10,11);2H2,1H3/b6-4-,7-5-;;. The zero-order chi connectivity index (χ0) is 17.1. The number of hydrogen-bond acceptors (Lipinski definition) is 4. The molecule has 5 N–H and O–H groups in total. The molecule has 0 rings (SSSR count). The van der Waals surface area contributed by atoms with E-state index in [0.717, 1.165) is 0 Å². The number of carbonyl (C=O) groups excluding carboxylic acids is 1. The van der Waals surface area contributed by atoms with Crippen LogP contribution in [0.1, 0.15) is 13.3 Å². The monoisotopic (exact) mass is 321 g/mol. The number of rotatable bonds is 6. The molecule has 2 amide bonds. The van der Waals surface area contributed by atoms with E-state index < -0.39 is 10.1 Å². The van der Waals surface area contributed by atoms with Gasteiger partial charge in [-0.05, 0) is 20.4 Å². The van der Waals surface area contributed by atoms with Crippen molar-refractivity contribution in [1.29, 1.82) is 0 Å². The molecule has 0 aromatic rings. The third kappa shape index (κ3) is 32.2. The second kappa shape index (κ2) is 18.4. The summed E-state index contributed by atoms with van der Waals surface area (Å²) in [5.74, 6) is -0.336. The minimum Gasteiger partial charge on any atom is -0.341 e. The summed E-state index contributed by atoms with van der Waals surface area (Å²) in [5, 5.41) is 4.68. The molecule has 0 aromatic heterocycles. The molecule has 0 aliphatic heterocycles. The molecular weight excluding hydrogens is 294 g/mol. The van der Waals surface area contributed by atoms with Crippen LogP contribution in [0.4, 0.5) is 4.79 Å². The first-order valence-electron chi connectivity index (χ1n) is 6.26. The maximum Gasteiger partial charge on any atom is 0.314 e. The lowest BCUT2D eigenvalue weighted by atomic mass is 10.4. The van der Waals surface area contributed by atoms with Crippen LogP contribution in [0.5, 0.6) is 0 Å². The summed E-state index contributed by atoms with van der Waals surface area (Å²) in [4.78, 5) is 10.5. The number of urea groups is 1. The van der Waals surface area contributed by atoms with Gasteiger partial charge in [0.2, 0.25) is 0 Å². The zero-order valence-electron chi connectivity index (χ0n) is 12.9. The van der Waals surface area contributed by atoms with Crippen molar-refractivity contribution in [3.63, 3.8) is 0 Å². The van der Waals surface area contributed by atoms with Crippen LogP contribution in [0, 0.1) is 0 Å². The van der Waals surface area contributed by atoms with E-state index in [0.29, 0.717) is 0 Å². The maximum absolute atomic E-state index is 10.5. The highest BCUT2D eigenvalue weighted by atomic mass is 32.2. The number of hydrogen-bond donors (Lipinski definition) is 4. The van der Waals surface area contributed by atoms with Gasteiger partial charge >= 0.3 is 6.03 Å². The van der Waals surface area contributed by atoms with E-state index in [1.165, 1.54) is 14.1 Å². The van der Waals surface area contributed by atoms with Crippen LogP contribution in [0.2, 0.25) is 0 Å². The second-order valence-electron chi connectivity index (χ2n) is 3.29. The van der Waals surface area contributed by atoms with Crippen molar-refractivity contribution in [3.05, 3.63) is 37.0 Å². The van der Waals surface area contributed by atoms with Gasteiger partial charge in [-0.1, -0.05) is 37.0 Å². The van der Waals surface area contributed by atoms with Crippen LogP contribution < -0.4 is 16.4 Å². The van der Waals surface area contributed by atoms with Crippen molar-refractivity contribution >= 4 is 16.1 Å². The van der Waals surface area contributed by atoms with E-state index in [1.54, 1.807) is 6.08 Å². The smallest absolute Gasteiger partial charge is 0.314 e. The van der Waals surface area contributed by atoms with Gasteiger partial charge in [0.1, 0.15) is 0 Å². The lowest BCUT2D eigenvalue weighted by Gasteiger charge is -2.01. The number of carbonyl (C=O) groups is 1. The second-order valence-corrected chi connectivity index (χ2v) is 4.86. The summed E-state index contributed by atoms with van der Waals surface area (Å²) in [7, 11) is -0.944. The topological polar surface area (TPSA) is 122 Å². The Labute approximate surface area is 127 Å². The van der Waals surface area contributed by atoms with Crippen molar-refractivity contribution < 1.29 is 17.8 Å². The number of allylic oxidation sites excluding steroid dienone is 5. The van der Waals surface area contributed by atoms with Gasteiger partial charge in [0, 0.05) is 13.6 Å². The first kappa shape index (κ1) is 24.4. The van der Waals surface area contributed by atoms with Gasteiger partial charge in [-0.15, -0.1) is 0 Å². The van der Waals surface area contributed by atoms with Crippen molar-refractivity contribution in [2.45, 2.75) is 13.3 Å². The highest BCUT2D eigenvalue weighted by Gasteiger charge is 2.03. The average Bonchev–Trinajstić information content (AvgIpc) is 2.46. The molecule has 0 aliphatic carbocycles. The van der Waals surface area contributed by atoms with Crippen LogP contribution in [-0.4, -0.2) is 45.4 Å². The van der Waals surface area contributed by atoms with Crippen LogP contribution in [0.25, 0.3) is 0 Å². The first-order chi connectivity index (χ1) is 9.87. The van der Waals surface area contributed by atoms with Gasteiger partial charge in [0.05, 0.1) is 5.75 Å². The lowest BCUT2D eigenvalue weighted by molar-refractivity contribution is 0.243. The van der Waals surface area contributed by atoms with E-state index in [4.69, 9.17) is 4.55 Å². The maximum atomic E-state index is 10.5. The third-order valence-corrected chi connectivity index (χ3v) is 2.45. The molecule has 7 nitrogen and oxygen atoms in total. The Bertz CT molecular complexity index is 404. The summed E-state index contributed by atoms with van der Waals surface area (Å²) >= 11 is 0. The van der Waals surface area contributed by atoms with Gasteiger partial charge in [-0.3, -0.25) is 4.55 Å². The summed E-state index contributed by atoms with van der Waals surface area (Å²) < 4.78 is 28.6. The third-order valence-electron chi connectivity index (χ3n) is 1.64. The quantitative estimate of drug-likeness (QED) is 0.331. The summed E-state index contributed by atoms with van der Waals surface area (Å²) in [5.41, 5.74) is 4.50. The largest absolute Gasteiger partial charge is 0.341 e. The molecule has 0 unspecified atom stereocenters. The molecule has 0 aliphatic rings. The molecule has 0 fully saturated rings. The number of nitrogens with two attached hydrogens (primary N) is 1. The van der Waals surface area contributed by atoms with Crippen LogP contribution in [-0.2, 0) is 10.1 Å². The molecule has 0 heterocycles. The van der Waals surface area contributed by atoms with Crippen molar-refractivity contribution in [2.24, 2.45) is 5.73 Å². The Balaban J connectivity index is -0.000000307. The predicted molar refractivity (Wildman–Crippen MR) is 87.8 cm³/mol. The minimum atomic E-state index is -3.90. The highest BCUT2D eigenvalue weighted by Crippen LogP contribution is 1.85. The Morgan fingerprint density at radius 1 is 1.29 bits per heavy atom. The molecule has 0 saturated heterocycles. The minimum absolute atomic E-state index is 0.201. The molecule has 0 spiro atoms. The SMILES string of the molecule is C=C/C=C\C=C/C.CN.CNC(=O)NCCCS(=O)(=O)O. The number of amides is 2. The molecule has 0 saturated carbocycles. The molecule has 0 radical (unpaired) electrons. The highest BCUT2D eigenvalue weighted by molar-refractivity contribution is 7.85. The lowest BCUT2D eigenvalue weighted by Crippen LogP contribution is -2.33. The molecule has 8 heteroatoms. The molecular formula is C13H27N3O4S. The van der Waals surface area contributed by atoms with Gasteiger partial charge in [0.15, 0.2) is 0 Å². The van der Waals surface area contributed by atoms with E-state index in [9.17, 15) is 13.2 Å². The normalized spacial score (nSPS) is 10.1. The summed E-state index contributed by atoms with van der Waals surface area (Å²) in [6, 6.07) is -0.370. The first-order valence-corrected chi connectivity index (χ1v) is 7.87. The fraction of sp³-hybridized carbons (Fsp3) is 0.462. The van der Waals surface area contributed by atoms with Crippen LogP contribution in [0.15, 0.2) is 37.0 Å². The van der Waals surface area contributed by atoms with Gasteiger partial charge in [-0.2, -0.15) is 8.42 Å². The molecule has 0 bridgehead atoms. The Morgan fingerprint density at radius 3 is 2.24 bits per heavy atom. The fourth-order valence-electron chi connectivity index (χ4n) is 0.799. The zero-order valence-corrected chi connectivity index (χ0v) is 13.7. The van der Waals surface area contributed by atoms with Crippen LogP contribution >= 0.6 is 0 Å². The Kier molecular flexibility index (Phi) is 21.3. The van der Waals surface area contributed by atoms with Gasteiger partial charge in [-0.25, -0.2) is 4.79 Å². The van der Waals surface area contributed by atoms with Crippen molar-refractivity contribution in [2.75, 3.05) is 26.4 Å². The van der Waals surface area contributed by atoms with Gasteiger partial charge < -0.3 is 16.4 Å². The molecule has 124 valence electrons. The van der Waals surface area contributed by atoms with Gasteiger partial charge in [0.25, 0.3) is 10.1 Å². The van der Waals surface area contributed by atoms with E-state index >= 15 is 0 Å². The average molecular weight is 321 g/mol. The fourth-order valence-corrected chi connectivity index (χ4v) is 1.31. The van der Waals surface area contributed by atoms with E-state index in [2.05, 4.69) is 22.9 Å². The van der Waals surface area contributed by atoms with Crippen molar-refractivity contribution in [3.8, 4) is 0 Å². The Morgan fingerprint density at radius 2 is 1.86 bits per heavy atom.